The van der Waals surface area contributed by atoms with Gasteiger partial charge in [-0.15, -0.1) is 0 Å². The molecule has 0 fully saturated rings. The molecule has 9 nitrogen and oxygen atoms in total. The number of fused-ring (bicyclic) bond motifs is 2. The van der Waals surface area contributed by atoms with Gasteiger partial charge < -0.3 is 14.2 Å². The molecule has 0 aliphatic carbocycles. The van der Waals surface area contributed by atoms with Gasteiger partial charge in [-0.3, -0.25) is 14.9 Å². The first kappa shape index (κ1) is 20.1. The molecule has 4 rings (SSSR count). The summed E-state index contributed by atoms with van der Waals surface area (Å²) in [7, 11) is 1.61. The Morgan fingerprint density at radius 1 is 1.16 bits per heavy atom. The van der Waals surface area contributed by atoms with Gasteiger partial charge in [0.15, 0.2) is 11.5 Å². The van der Waals surface area contributed by atoms with Crippen LogP contribution in [0, 0.1) is 10.1 Å². The van der Waals surface area contributed by atoms with E-state index in [2.05, 4.69) is 10.5 Å². The van der Waals surface area contributed by atoms with E-state index in [0.29, 0.717) is 11.5 Å². The zero-order valence-corrected chi connectivity index (χ0v) is 16.8. The summed E-state index contributed by atoms with van der Waals surface area (Å²) in [5.41, 5.74) is 3.27. The molecule has 1 aliphatic rings. The topological polar surface area (TPSA) is 112 Å². The SMILES string of the molecule is COc1ccc2cc([C@@H](C)C(=O)N/N=C\c3cc4c(cc3[N+](=O)[O-])OCO4)ccc2c1. The molecule has 0 unspecified atom stereocenters. The molecule has 3 aromatic carbocycles. The molecular formula is C22H19N3O6. The summed E-state index contributed by atoms with van der Waals surface area (Å²) >= 11 is 0. The molecule has 0 bridgehead atoms. The standard InChI is InChI=1S/C22H19N3O6/c1-13(14-3-4-16-8-18(29-2)6-5-15(16)7-14)22(26)24-23-11-17-9-20-21(31-12-30-20)10-19(17)25(27)28/h3-11,13H,12H2,1-2H3,(H,24,26)/b23-11-/t13-/m1/s1. The maximum atomic E-state index is 12.6. The van der Waals surface area contributed by atoms with Crippen molar-refractivity contribution in [3.8, 4) is 17.2 Å². The first-order chi connectivity index (χ1) is 15.0. The van der Waals surface area contributed by atoms with Crippen molar-refractivity contribution in [3.05, 3.63) is 69.8 Å². The molecule has 1 amide bonds. The first-order valence-electron chi connectivity index (χ1n) is 9.45. The van der Waals surface area contributed by atoms with Crippen LogP contribution in [0.25, 0.3) is 10.8 Å². The van der Waals surface area contributed by atoms with Crippen molar-refractivity contribution in [3.63, 3.8) is 0 Å². The summed E-state index contributed by atoms with van der Waals surface area (Å²) in [6, 6.07) is 14.2. The number of carbonyl (C=O) groups excluding carboxylic acids is 1. The number of nitro benzene ring substituents is 1. The summed E-state index contributed by atoms with van der Waals surface area (Å²) < 4.78 is 15.6. The van der Waals surface area contributed by atoms with Gasteiger partial charge in [-0.05, 0) is 41.5 Å². The number of hydrogen-bond acceptors (Lipinski definition) is 7. The maximum absolute atomic E-state index is 12.6. The van der Waals surface area contributed by atoms with Crippen LogP contribution in [0.4, 0.5) is 5.69 Å². The Morgan fingerprint density at radius 3 is 2.61 bits per heavy atom. The van der Waals surface area contributed by atoms with Gasteiger partial charge in [0.1, 0.15) is 5.75 Å². The van der Waals surface area contributed by atoms with Crippen LogP contribution in [0.1, 0.15) is 24.0 Å². The van der Waals surface area contributed by atoms with Crippen molar-refractivity contribution in [2.75, 3.05) is 13.9 Å². The van der Waals surface area contributed by atoms with Crippen molar-refractivity contribution >= 4 is 28.6 Å². The minimum absolute atomic E-state index is 0.000125. The second-order valence-corrected chi connectivity index (χ2v) is 6.95. The van der Waals surface area contributed by atoms with E-state index in [1.165, 1.54) is 18.3 Å². The quantitative estimate of drug-likeness (QED) is 0.369. The molecule has 0 saturated carbocycles. The number of benzene rings is 3. The van der Waals surface area contributed by atoms with Crippen molar-refractivity contribution in [2.45, 2.75) is 12.8 Å². The van der Waals surface area contributed by atoms with Gasteiger partial charge in [-0.2, -0.15) is 5.10 Å². The van der Waals surface area contributed by atoms with Crippen molar-refractivity contribution in [1.29, 1.82) is 0 Å². The maximum Gasteiger partial charge on any atom is 0.282 e. The molecule has 158 valence electrons. The number of amides is 1. The van der Waals surface area contributed by atoms with Crippen LogP contribution < -0.4 is 19.6 Å². The lowest BCUT2D eigenvalue weighted by Gasteiger charge is -2.11. The number of nitro groups is 1. The largest absolute Gasteiger partial charge is 0.497 e. The average Bonchev–Trinajstić information content (AvgIpc) is 3.24. The van der Waals surface area contributed by atoms with Crippen molar-refractivity contribution in [1.82, 2.24) is 5.43 Å². The minimum Gasteiger partial charge on any atom is -0.497 e. The van der Waals surface area contributed by atoms with E-state index in [1.807, 2.05) is 36.4 Å². The number of nitrogens with zero attached hydrogens (tertiary/aromatic N) is 2. The van der Waals surface area contributed by atoms with E-state index in [9.17, 15) is 14.9 Å². The number of methoxy groups -OCH3 is 1. The number of ether oxygens (including phenoxy) is 3. The predicted octanol–water partition coefficient (Wildman–Crippen LogP) is 3.74. The highest BCUT2D eigenvalue weighted by atomic mass is 16.7. The third kappa shape index (κ3) is 4.11. The molecule has 3 aromatic rings. The lowest BCUT2D eigenvalue weighted by molar-refractivity contribution is -0.385. The molecule has 9 heteroatoms. The fourth-order valence-corrected chi connectivity index (χ4v) is 3.26. The second kappa shape index (κ2) is 8.31. The van der Waals surface area contributed by atoms with Crippen LogP contribution in [0.5, 0.6) is 17.2 Å². The summed E-state index contributed by atoms with van der Waals surface area (Å²) in [5, 5.41) is 17.2. The third-order valence-corrected chi connectivity index (χ3v) is 5.06. The molecule has 31 heavy (non-hydrogen) atoms. The summed E-state index contributed by atoms with van der Waals surface area (Å²) in [4.78, 5) is 23.3. The van der Waals surface area contributed by atoms with Crippen LogP contribution in [-0.4, -0.2) is 30.9 Å². The summed E-state index contributed by atoms with van der Waals surface area (Å²) in [6.45, 7) is 1.76. The zero-order chi connectivity index (χ0) is 22.0. The summed E-state index contributed by atoms with van der Waals surface area (Å²) in [6.07, 6.45) is 1.22. The normalized spacial score (nSPS) is 13.4. The predicted molar refractivity (Wildman–Crippen MR) is 114 cm³/mol. The molecule has 1 N–H and O–H groups in total. The molecule has 1 aliphatic heterocycles. The Kier molecular flexibility index (Phi) is 5.40. The summed E-state index contributed by atoms with van der Waals surface area (Å²) in [5.74, 6) is 0.635. The fraction of sp³-hybridized carbons (Fsp3) is 0.182. The number of rotatable bonds is 6. The molecule has 1 heterocycles. The van der Waals surface area contributed by atoms with E-state index in [0.717, 1.165) is 22.1 Å². The number of hydrogen-bond donors (Lipinski definition) is 1. The van der Waals surface area contributed by atoms with Crippen LogP contribution in [0.3, 0.4) is 0 Å². The number of hydrazone groups is 1. The third-order valence-electron chi connectivity index (χ3n) is 5.06. The highest BCUT2D eigenvalue weighted by Gasteiger charge is 2.22. The second-order valence-electron chi connectivity index (χ2n) is 6.95. The molecule has 0 aromatic heterocycles. The van der Waals surface area contributed by atoms with Crippen LogP contribution in [0.15, 0.2) is 53.6 Å². The molecular weight excluding hydrogens is 402 g/mol. The molecule has 1 atom stereocenters. The Labute approximate surface area is 177 Å². The Bertz CT molecular complexity index is 1210. The van der Waals surface area contributed by atoms with E-state index in [-0.39, 0.29) is 24.0 Å². The van der Waals surface area contributed by atoms with Gasteiger partial charge in [-0.1, -0.05) is 24.3 Å². The van der Waals surface area contributed by atoms with E-state index in [1.54, 1.807) is 14.0 Å². The van der Waals surface area contributed by atoms with Crippen LogP contribution in [0.2, 0.25) is 0 Å². The average molecular weight is 421 g/mol. The fourth-order valence-electron chi connectivity index (χ4n) is 3.26. The lowest BCUT2D eigenvalue weighted by atomic mass is 9.97. The van der Waals surface area contributed by atoms with Gasteiger partial charge in [0.05, 0.1) is 35.8 Å². The van der Waals surface area contributed by atoms with Crippen molar-refractivity contribution < 1.29 is 23.9 Å². The lowest BCUT2D eigenvalue weighted by Crippen LogP contribution is -2.23. The zero-order valence-electron chi connectivity index (χ0n) is 16.8. The van der Waals surface area contributed by atoms with Gasteiger partial charge in [0.2, 0.25) is 12.7 Å². The van der Waals surface area contributed by atoms with E-state index >= 15 is 0 Å². The Morgan fingerprint density at radius 2 is 1.87 bits per heavy atom. The van der Waals surface area contributed by atoms with Gasteiger partial charge in [0, 0.05) is 0 Å². The van der Waals surface area contributed by atoms with E-state index in [4.69, 9.17) is 14.2 Å². The van der Waals surface area contributed by atoms with Gasteiger partial charge in [0.25, 0.3) is 5.69 Å². The van der Waals surface area contributed by atoms with Crippen molar-refractivity contribution in [2.24, 2.45) is 5.10 Å². The van der Waals surface area contributed by atoms with Gasteiger partial charge >= 0.3 is 0 Å². The smallest absolute Gasteiger partial charge is 0.282 e. The first-order valence-corrected chi connectivity index (χ1v) is 9.45. The Balaban J connectivity index is 1.49. The monoisotopic (exact) mass is 421 g/mol. The molecule has 0 saturated heterocycles. The Hall–Kier alpha value is -4.14. The number of carbonyl (C=O) groups is 1. The highest BCUT2D eigenvalue weighted by molar-refractivity contribution is 5.90. The highest BCUT2D eigenvalue weighted by Crippen LogP contribution is 2.37. The van der Waals surface area contributed by atoms with Gasteiger partial charge in [-0.25, -0.2) is 5.43 Å². The van der Waals surface area contributed by atoms with E-state index < -0.39 is 10.8 Å². The molecule has 0 radical (unpaired) electrons. The minimum atomic E-state index is -0.544. The van der Waals surface area contributed by atoms with Crippen LogP contribution >= 0.6 is 0 Å². The molecule has 0 spiro atoms. The van der Waals surface area contributed by atoms with Crippen LogP contribution in [-0.2, 0) is 4.79 Å². The number of nitrogens with one attached hydrogen (secondary N) is 1.